The molecular formula is C8H15IO5. The van der Waals surface area contributed by atoms with Crippen LogP contribution in [-0.4, -0.2) is 57.1 Å². The number of aliphatic hydroxyl groups excluding tert-OH is 3. The fourth-order valence-corrected chi connectivity index (χ4v) is 2.17. The van der Waals surface area contributed by atoms with E-state index in [1.807, 2.05) is 22.6 Å². The van der Waals surface area contributed by atoms with Gasteiger partial charge in [-0.3, -0.25) is 0 Å². The van der Waals surface area contributed by atoms with Gasteiger partial charge in [0.2, 0.25) is 0 Å². The lowest BCUT2D eigenvalue weighted by atomic mass is 10.0. The Morgan fingerprint density at radius 1 is 1.36 bits per heavy atom. The molecule has 0 spiro atoms. The second-order valence-electron chi connectivity index (χ2n) is 3.11. The van der Waals surface area contributed by atoms with Gasteiger partial charge in [0.1, 0.15) is 6.10 Å². The first-order valence-corrected chi connectivity index (χ1v) is 5.74. The summed E-state index contributed by atoms with van der Waals surface area (Å²) in [6, 6.07) is 0. The Morgan fingerprint density at radius 3 is 2.50 bits per heavy atom. The lowest BCUT2D eigenvalue weighted by molar-refractivity contribution is -0.264. The normalized spacial score (nSPS) is 43.9. The smallest absolute Gasteiger partial charge is 0.186 e. The zero-order chi connectivity index (χ0) is 10.7. The third kappa shape index (κ3) is 2.56. The average Bonchev–Trinajstić information content (AvgIpc) is 2.19. The second kappa shape index (κ2) is 5.57. The Bertz CT molecular complexity index is 175. The lowest BCUT2D eigenvalue weighted by Gasteiger charge is -2.39. The van der Waals surface area contributed by atoms with Gasteiger partial charge in [-0.25, -0.2) is 0 Å². The maximum absolute atomic E-state index is 9.62. The van der Waals surface area contributed by atoms with Gasteiger partial charge in [-0.1, -0.05) is 22.6 Å². The van der Waals surface area contributed by atoms with E-state index in [1.165, 1.54) is 0 Å². The van der Waals surface area contributed by atoms with Crippen molar-refractivity contribution in [2.45, 2.75) is 35.5 Å². The molecule has 0 aromatic heterocycles. The summed E-state index contributed by atoms with van der Waals surface area (Å²) in [5.41, 5.74) is 0. The number of hydrogen-bond donors (Lipinski definition) is 3. The molecule has 0 aromatic carbocycles. The average molecular weight is 315 g/mol. The summed E-state index contributed by atoms with van der Waals surface area (Å²) in [4.78, 5) is 0. The van der Waals surface area contributed by atoms with Crippen LogP contribution in [0.4, 0.5) is 0 Å². The van der Waals surface area contributed by atoms with Crippen LogP contribution in [0.3, 0.4) is 0 Å². The van der Waals surface area contributed by atoms with Crippen molar-refractivity contribution in [1.82, 2.24) is 0 Å². The highest BCUT2D eigenvalue weighted by molar-refractivity contribution is 14.1. The van der Waals surface area contributed by atoms with Crippen molar-refractivity contribution in [2.75, 3.05) is 13.2 Å². The minimum Gasteiger partial charge on any atom is -0.394 e. The molecule has 3 N–H and O–H groups in total. The van der Waals surface area contributed by atoms with Crippen LogP contribution < -0.4 is 0 Å². The van der Waals surface area contributed by atoms with Crippen LogP contribution in [-0.2, 0) is 9.47 Å². The Morgan fingerprint density at radius 2 is 2.00 bits per heavy atom. The summed E-state index contributed by atoms with van der Waals surface area (Å²) in [5, 5.41) is 28.2. The van der Waals surface area contributed by atoms with Crippen molar-refractivity contribution in [2.24, 2.45) is 0 Å². The van der Waals surface area contributed by atoms with Gasteiger partial charge in [-0.2, -0.15) is 0 Å². The van der Waals surface area contributed by atoms with Gasteiger partial charge in [-0.05, 0) is 6.92 Å². The highest BCUT2D eigenvalue weighted by atomic mass is 124. The van der Waals surface area contributed by atoms with E-state index in [4.69, 9.17) is 14.6 Å². The molecule has 1 fully saturated rings. The highest BCUT2D eigenvalue weighted by Crippen LogP contribution is 2.27. The zero-order valence-electron chi connectivity index (χ0n) is 7.84. The van der Waals surface area contributed by atoms with Crippen LogP contribution in [0.2, 0.25) is 0 Å². The van der Waals surface area contributed by atoms with Gasteiger partial charge in [0.15, 0.2) is 6.29 Å². The molecule has 1 rings (SSSR count). The Hall–Kier alpha value is 0.530. The summed E-state index contributed by atoms with van der Waals surface area (Å²) in [7, 11) is 0. The van der Waals surface area contributed by atoms with Gasteiger partial charge < -0.3 is 24.8 Å². The maximum Gasteiger partial charge on any atom is 0.186 e. The Kier molecular flexibility index (Phi) is 5.01. The molecule has 0 bridgehead atoms. The summed E-state index contributed by atoms with van der Waals surface area (Å²) in [6.07, 6.45) is -3.33. The predicted molar refractivity (Wildman–Crippen MR) is 57.2 cm³/mol. The molecule has 1 saturated heterocycles. The van der Waals surface area contributed by atoms with Crippen molar-refractivity contribution in [3.05, 3.63) is 0 Å². The van der Waals surface area contributed by atoms with E-state index in [2.05, 4.69) is 0 Å². The van der Waals surface area contributed by atoms with E-state index < -0.39 is 24.6 Å². The molecule has 0 aliphatic carbocycles. The first-order valence-electron chi connectivity index (χ1n) is 4.50. The molecule has 84 valence electrons. The molecule has 0 radical (unpaired) electrons. The number of rotatable bonds is 3. The molecule has 1 unspecified atom stereocenters. The molecule has 1 aliphatic heterocycles. The van der Waals surface area contributed by atoms with Crippen LogP contribution in [0.1, 0.15) is 6.92 Å². The standard InChI is InChI=1S/C8H15IO5/c1-2-13-8-7(12)6(11)5(9)4(3-10)14-8/h4-8,10-12H,2-3H2,1H3/t4-,5-,6+,7-,8?/m1/s1/i9-3. The van der Waals surface area contributed by atoms with Crippen molar-refractivity contribution < 1.29 is 24.8 Å². The molecule has 0 aromatic rings. The van der Waals surface area contributed by atoms with Crippen molar-refractivity contribution in [3.63, 3.8) is 0 Å². The second-order valence-corrected chi connectivity index (χ2v) is 4.54. The van der Waals surface area contributed by atoms with E-state index in [0.717, 1.165) is 0 Å². The van der Waals surface area contributed by atoms with Crippen LogP contribution in [0.5, 0.6) is 0 Å². The highest BCUT2D eigenvalue weighted by Gasteiger charge is 2.43. The molecule has 1 aliphatic rings. The number of alkyl halides is 1. The van der Waals surface area contributed by atoms with Gasteiger partial charge in [0, 0.05) is 6.61 Å². The number of hydrogen-bond acceptors (Lipinski definition) is 5. The fraction of sp³-hybridized carbons (Fsp3) is 1.00. The molecule has 0 saturated carbocycles. The number of aliphatic hydroxyl groups is 3. The Labute approximate surface area is 96.2 Å². The van der Waals surface area contributed by atoms with E-state index in [-0.39, 0.29) is 10.5 Å². The first-order chi connectivity index (χ1) is 6.61. The summed E-state index contributed by atoms with van der Waals surface area (Å²) < 4.78 is 10.1. The van der Waals surface area contributed by atoms with E-state index in [0.29, 0.717) is 6.61 Å². The van der Waals surface area contributed by atoms with Crippen molar-refractivity contribution in [1.29, 1.82) is 0 Å². The Balaban J connectivity index is 2.63. The largest absolute Gasteiger partial charge is 0.394 e. The quantitative estimate of drug-likeness (QED) is 0.473. The van der Waals surface area contributed by atoms with Crippen LogP contribution in [0.15, 0.2) is 0 Å². The minimum atomic E-state index is -1.06. The van der Waals surface area contributed by atoms with Gasteiger partial charge in [-0.15, -0.1) is 0 Å². The fourth-order valence-electron chi connectivity index (χ4n) is 1.34. The lowest BCUT2D eigenvalue weighted by Crippen LogP contribution is -2.56. The summed E-state index contributed by atoms with van der Waals surface area (Å²) in [5.74, 6) is 0. The molecule has 5 atom stereocenters. The van der Waals surface area contributed by atoms with Crippen LogP contribution in [0.25, 0.3) is 0 Å². The number of halogens is 1. The molecule has 0 amide bonds. The summed E-state index contributed by atoms with van der Waals surface area (Å²) >= 11 is 1.95. The molecule has 6 heteroatoms. The van der Waals surface area contributed by atoms with Crippen molar-refractivity contribution >= 4 is 22.6 Å². The summed E-state index contributed by atoms with van der Waals surface area (Å²) in [6.45, 7) is 1.96. The van der Waals surface area contributed by atoms with E-state index in [1.54, 1.807) is 6.92 Å². The monoisotopic (exact) mass is 315 g/mol. The predicted octanol–water partition coefficient (Wildman–Crippen LogP) is -0.735. The molecule has 5 nitrogen and oxygen atoms in total. The molecule has 1 heterocycles. The van der Waals surface area contributed by atoms with Crippen LogP contribution >= 0.6 is 22.6 Å². The topological polar surface area (TPSA) is 79.2 Å². The minimum absolute atomic E-state index is 0.193. The first kappa shape index (κ1) is 12.6. The van der Waals surface area contributed by atoms with E-state index >= 15 is 0 Å². The molecule has 14 heavy (non-hydrogen) atoms. The SMILES string of the molecule is CCOC1O[C@H](CO)[C@@H]([124I])[C@H](O)[C@H]1O. The van der Waals surface area contributed by atoms with Gasteiger partial charge >= 0.3 is 0 Å². The van der Waals surface area contributed by atoms with E-state index in [9.17, 15) is 10.2 Å². The third-order valence-corrected chi connectivity index (χ3v) is 3.67. The third-order valence-electron chi connectivity index (χ3n) is 2.13. The maximum atomic E-state index is 9.62. The molecular weight excluding hydrogens is 300 g/mol. The zero-order valence-corrected chi connectivity index (χ0v) is 9.99. The van der Waals surface area contributed by atoms with Crippen LogP contribution in [0, 0.1) is 0 Å². The van der Waals surface area contributed by atoms with Crippen molar-refractivity contribution in [3.8, 4) is 0 Å². The number of ether oxygens (including phenoxy) is 2. The van der Waals surface area contributed by atoms with Gasteiger partial charge in [0.05, 0.1) is 22.7 Å². The van der Waals surface area contributed by atoms with Gasteiger partial charge in [0.25, 0.3) is 0 Å².